The number of nitrogens with one attached hydrogen (secondary N) is 1. The Kier molecular flexibility index (Phi) is 3.93. The summed E-state index contributed by atoms with van der Waals surface area (Å²) in [7, 11) is 0. The van der Waals surface area contributed by atoms with Crippen LogP contribution in [0.4, 0.5) is 4.79 Å². The molecule has 0 bridgehead atoms. The summed E-state index contributed by atoms with van der Waals surface area (Å²) < 4.78 is 5.72. The summed E-state index contributed by atoms with van der Waals surface area (Å²) in [6.45, 7) is 3.85. The Bertz CT molecular complexity index is 229. The van der Waals surface area contributed by atoms with Crippen molar-refractivity contribution in [2.75, 3.05) is 6.61 Å². The number of aliphatic hydroxyl groups is 1. The van der Waals surface area contributed by atoms with Gasteiger partial charge in [0.05, 0.1) is 24.4 Å². The molecule has 0 spiro atoms. The average Bonchev–Trinajstić information content (AvgIpc) is 2.43. The van der Waals surface area contributed by atoms with Crippen LogP contribution < -0.4 is 5.32 Å². The van der Waals surface area contributed by atoms with Crippen molar-refractivity contribution in [1.82, 2.24) is 5.32 Å². The van der Waals surface area contributed by atoms with Gasteiger partial charge < -0.3 is 20.3 Å². The Morgan fingerprint density at radius 3 is 2.73 bits per heavy atom. The summed E-state index contributed by atoms with van der Waals surface area (Å²) in [6.07, 6.45) is 1.37. The molecule has 1 saturated heterocycles. The van der Waals surface area contributed by atoms with E-state index in [1.165, 1.54) is 0 Å². The Labute approximate surface area is 89.4 Å². The second kappa shape index (κ2) is 4.81. The zero-order chi connectivity index (χ0) is 11.5. The molecule has 0 saturated carbocycles. The average molecular weight is 217 g/mol. The quantitative estimate of drug-likeness (QED) is 0.655. The molecule has 88 valence electrons. The molecule has 1 heterocycles. The van der Waals surface area contributed by atoms with Gasteiger partial charge in [-0.2, -0.15) is 0 Å². The van der Waals surface area contributed by atoms with Crippen molar-refractivity contribution in [3.05, 3.63) is 0 Å². The lowest BCUT2D eigenvalue weighted by Gasteiger charge is -2.22. The van der Waals surface area contributed by atoms with Gasteiger partial charge in [-0.25, -0.2) is 4.79 Å². The smallest absolute Gasteiger partial charge is 0.404 e. The molecule has 0 aliphatic carbocycles. The van der Waals surface area contributed by atoms with Gasteiger partial charge in [0, 0.05) is 0 Å². The lowest BCUT2D eigenvalue weighted by atomic mass is 10.0. The van der Waals surface area contributed by atoms with E-state index in [9.17, 15) is 4.79 Å². The third-order valence-electron chi connectivity index (χ3n) is 2.65. The van der Waals surface area contributed by atoms with E-state index >= 15 is 0 Å². The van der Waals surface area contributed by atoms with E-state index in [-0.39, 0.29) is 18.3 Å². The minimum Gasteiger partial charge on any atom is -0.465 e. The zero-order valence-corrected chi connectivity index (χ0v) is 9.19. The number of rotatable bonds is 4. The van der Waals surface area contributed by atoms with Gasteiger partial charge in [0.1, 0.15) is 0 Å². The van der Waals surface area contributed by atoms with Gasteiger partial charge in [0.25, 0.3) is 0 Å². The van der Waals surface area contributed by atoms with Crippen molar-refractivity contribution in [3.8, 4) is 0 Å². The first-order chi connectivity index (χ1) is 6.93. The van der Waals surface area contributed by atoms with E-state index in [4.69, 9.17) is 14.9 Å². The highest BCUT2D eigenvalue weighted by Crippen LogP contribution is 2.31. The largest absolute Gasteiger partial charge is 0.465 e. The maximum absolute atomic E-state index is 10.4. The molecule has 15 heavy (non-hydrogen) atoms. The van der Waals surface area contributed by atoms with Crippen LogP contribution in [0.25, 0.3) is 0 Å². The van der Waals surface area contributed by atoms with Crippen molar-refractivity contribution in [2.24, 2.45) is 0 Å². The highest BCUT2D eigenvalue weighted by Gasteiger charge is 2.33. The number of ether oxygens (including phenoxy) is 1. The van der Waals surface area contributed by atoms with E-state index in [0.29, 0.717) is 6.42 Å². The molecule has 1 aliphatic heterocycles. The molecule has 5 heteroatoms. The summed E-state index contributed by atoms with van der Waals surface area (Å²) in [6, 6.07) is -0.429. The number of carboxylic acid groups (broad SMARTS) is 1. The number of hydrogen-bond donors (Lipinski definition) is 3. The standard InChI is InChI=1S/C10H19NO4/c1-10(2)4-3-8(15-10)5-7(6-12)11-9(13)14/h7-8,11-12H,3-6H2,1-2H3,(H,13,14)/t7?,8-/m1/s1. The number of aliphatic hydroxyl groups excluding tert-OH is 1. The maximum Gasteiger partial charge on any atom is 0.404 e. The number of amides is 1. The molecule has 1 unspecified atom stereocenters. The van der Waals surface area contributed by atoms with Crippen LogP contribution in [-0.2, 0) is 4.74 Å². The highest BCUT2D eigenvalue weighted by molar-refractivity contribution is 5.64. The van der Waals surface area contributed by atoms with Gasteiger partial charge >= 0.3 is 6.09 Å². The fourth-order valence-electron chi connectivity index (χ4n) is 1.91. The topological polar surface area (TPSA) is 78.8 Å². The summed E-state index contributed by atoms with van der Waals surface area (Å²) in [5.74, 6) is 0. The first kappa shape index (κ1) is 12.3. The molecule has 1 amide bonds. The maximum atomic E-state index is 10.4. The summed E-state index contributed by atoms with van der Waals surface area (Å²) >= 11 is 0. The second-order valence-corrected chi connectivity index (χ2v) is 4.60. The Morgan fingerprint density at radius 2 is 2.33 bits per heavy atom. The van der Waals surface area contributed by atoms with Gasteiger partial charge in [-0.15, -0.1) is 0 Å². The Hall–Kier alpha value is -0.810. The van der Waals surface area contributed by atoms with E-state index in [1.807, 2.05) is 13.8 Å². The molecule has 0 radical (unpaired) electrons. The summed E-state index contributed by atoms with van der Waals surface area (Å²) in [4.78, 5) is 10.4. The lowest BCUT2D eigenvalue weighted by molar-refractivity contribution is -0.0239. The Morgan fingerprint density at radius 1 is 1.67 bits per heavy atom. The SMILES string of the molecule is CC1(C)CC[C@H](CC(CO)NC(=O)O)O1. The molecule has 0 aromatic heterocycles. The first-order valence-electron chi connectivity index (χ1n) is 5.21. The van der Waals surface area contributed by atoms with Gasteiger partial charge in [0.2, 0.25) is 0 Å². The third kappa shape index (κ3) is 4.05. The molecule has 5 nitrogen and oxygen atoms in total. The number of hydrogen-bond acceptors (Lipinski definition) is 3. The third-order valence-corrected chi connectivity index (χ3v) is 2.65. The molecule has 2 atom stereocenters. The predicted molar refractivity (Wildman–Crippen MR) is 54.8 cm³/mol. The van der Waals surface area contributed by atoms with E-state index in [0.717, 1.165) is 12.8 Å². The minimum absolute atomic E-state index is 0.0454. The van der Waals surface area contributed by atoms with E-state index in [2.05, 4.69) is 5.32 Å². The number of carbonyl (C=O) groups is 1. The van der Waals surface area contributed by atoms with Gasteiger partial charge in [0.15, 0.2) is 0 Å². The summed E-state index contributed by atoms with van der Waals surface area (Å²) in [5.41, 5.74) is -0.117. The fourth-order valence-corrected chi connectivity index (χ4v) is 1.91. The molecule has 1 aliphatic rings. The van der Waals surface area contributed by atoms with Crippen LogP contribution in [0.3, 0.4) is 0 Å². The van der Waals surface area contributed by atoms with Gasteiger partial charge in [-0.1, -0.05) is 0 Å². The van der Waals surface area contributed by atoms with Crippen molar-refractivity contribution < 1.29 is 19.7 Å². The van der Waals surface area contributed by atoms with Crippen LogP contribution >= 0.6 is 0 Å². The van der Waals surface area contributed by atoms with Crippen molar-refractivity contribution in [1.29, 1.82) is 0 Å². The van der Waals surface area contributed by atoms with Crippen LogP contribution in [0.2, 0.25) is 0 Å². The zero-order valence-electron chi connectivity index (χ0n) is 9.19. The molecular formula is C10H19NO4. The predicted octanol–water partition coefficient (Wildman–Crippen LogP) is 0.963. The normalized spacial score (nSPS) is 26.2. The molecule has 3 N–H and O–H groups in total. The molecule has 1 fully saturated rings. The molecule has 0 aromatic carbocycles. The van der Waals surface area contributed by atoms with E-state index in [1.54, 1.807) is 0 Å². The van der Waals surface area contributed by atoms with Crippen molar-refractivity contribution in [2.45, 2.75) is 50.9 Å². The Balaban J connectivity index is 2.36. The van der Waals surface area contributed by atoms with Crippen molar-refractivity contribution in [3.63, 3.8) is 0 Å². The van der Waals surface area contributed by atoms with E-state index < -0.39 is 12.1 Å². The first-order valence-corrected chi connectivity index (χ1v) is 5.21. The second-order valence-electron chi connectivity index (χ2n) is 4.60. The summed E-state index contributed by atoms with van der Waals surface area (Å²) in [5, 5.41) is 19.8. The van der Waals surface area contributed by atoms with Gasteiger partial charge in [-0.3, -0.25) is 0 Å². The van der Waals surface area contributed by atoms with Crippen molar-refractivity contribution >= 4 is 6.09 Å². The van der Waals surface area contributed by atoms with Crippen LogP contribution in [0.1, 0.15) is 33.1 Å². The highest BCUT2D eigenvalue weighted by atomic mass is 16.5. The molecule has 0 aromatic rings. The molecule has 1 rings (SSSR count). The van der Waals surface area contributed by atoms with Crippen LogP contribution in [0, 0.1) is 0 Å². The van der Waals surface area contributed by atoms with Crippen LogP contribution in [-0.4, -0.2) is 40.7 Å². The van der Waals surface area contributed by atoms with Crippen LogP contribution in [0.5, 0.6) is 0 Å². The van der Waals surface area contributed by atoms with Crippen LogP contribution in [0.15, 0.2) is 0 Å². The van der Waals surface area contributed by atoms with Gasteiger partial charge in [-0.05, 0) is 33.1 Å². The molecular weight excluding hydrogens is 198 g/mol. The fraction of sp³-hybridized carbons (Fsp3) is 0.900. The monoisotopic (exact) mass is 217 g/mol. The minimum atomic E-state index is -1.11. The lowest BCUT2D eigenvalue weighted by Crippen LogP contribution is -2.39.